The summed E-state index contributed by atoms with van der Waals surface area (Å²) in [5.74, 6) is -0.929. The molecule has 0 spiro atoms. The number of hydrogen-bond acceptors (Lipinski definition) is 3. The van der Waals surface area contributed by atoms with Gasteiger partial charge in [-0.15, -0.1) is 0 Å². The van der Waals surface area contributed by atoms with Crippen LogP contribution in [-0.4, -0.2) is 18.4 Å². The van der Waals surface area contributed by atoms with Crippen LogP contribution in [0.5, 0.6) is 0 Å². The van der Waals surface area contributed by atoms with E-state index in [4.69, 9.17) is 5.73 Å². The first kappa shape index (κ1) is 25.2. The maximum Gasteiger partial charge on any atom is 0.251 e. The fraction of sp³-hybridized carbons (Fsp3) is 0.188. The quantitative estimate of drug-likeness (QED) is 0.320. The lowest BCUT2D eigenvalue weighted by Gasteiger charge is -2.32. The summed E-state index contributed by atoms with van der Waals surface area (Å²) in [4.78, 5) is 27.1. The van der Waals surface area contributed by atoms with Crippen LogP contribution in [0.1, 0.15) is 56.8 Å². The van der Waals surface area contributed by atoms with Gasteiger partial charge in [0.05, 0.1) is 6.04 Å². The van der Waals surface area contributed by atoms with Gasteiger partial charge < -0.3 is 16.0 Å². The molecule has 192 valence electrons. The SMILES string of the molecule is C[C@H](NC(=O)c1ccc2c(c1)CCCN2Cc1ccc(-c2ccccc2C(N)=O)cc1)c1cccc(F)c1. The molecule has 4 aromatic rings. The lowest BCUT2D eigenvalue weighted by Crippen LogP contribution is -2.30. The summed E-state index contributed by atoms with van der Waals surface area (Å²) in [6, 6.07) is 27.4. The number of benzene rings is 4. The van der Waals surface area contributed by atoms with E-state index in [9.17, 15) is 14.0 Å². The van der Waals surface area contributed by atoms with E-state index in [1.54, 1.807) is 12.1 Å². The van der Waals surface area contributed by atoms with Gasteiger partial charge in [-0.05, 0) is 84.0 Å². The molecule has 0 bridgehead atoms. The third-order valence-electron chi connectivity index (χ3n) is 7.08. The van der Waals surface area contributed by atoms with Crippen LogP contribution < -0.4 is 16.0 Å². The highest BCUT2D eigenvalue weighted by Crippen LogP contribution is 2.31. The average Bonchev–Trinajstić information content (AvgIpc) is 2.93. The van der Waals surface area contributed by atoms with Gasteiger partial charge in [0.1, 0.15) is 5.82 Å². The minimum absolute atomic E-state index is 0.173. The van der Waals surface area contributed by atoms with E-state index >= 15 is 0 Å². The van der Waals surface area contributed by atoms with Crippen molar-refractivity contribution >= 4 is 17.5 Å². The van der Waals surface area contributed by atoms with Gasteiger partial charge in [-0.2, -0.15) is 0 Å². The molecule has 38 heavy (non-hydrogen) atoms. The maximum absolute atomic E-state index is 13.6. The summed E-state index contributed by atoms with van der Waals surface area (Å²) in [6.07, 6.45) is 1.91. The van der Waals surface area contributed by atoms with E-state index in [-0.39, 0.29) is 17.8 Å². The summed E-state index contributed by atoms with van der Waals surface area (Å²) in [6.45, 7) is 3.53. The predicted molar refractivity (Wildman–Crippen MR) is 148 cm³/mol. The normalized spacial score (nSPS) is 13.5. The Morgan fingerprint density at radius 2 is 1.76 bits per heavy atom. The van der Waals surface area contributed by atoms with Crippen molar-refractivity contribution in [1.82, 2.24) is 5.32 Å². The Bertz CT molecular complexity index is 1480. The first-order valence-electron chi connectivity index (χ1n) is 12.8. The Balaban J connectivity index is 1.29. The third-order valence-corrected chi connectivity index (χ3v) is 7.08. The zero-order valence-corrected chi connectivity index (χ0v) is 21.3. The molecule has 3 N–H and O–H groups in total. The highest BCUT2D eigenvalue weighted by molar-refractivity contribution is 5.99. The number of nitrogens with zero attached hydrogens (tertiary/aromatic N) is 1. The molecule has 1 heterocycles. The molecule has 5 nitrogen and oxygen atoms in total. The summed E-state index contributed by atoms with van der Waals surface area (Å²) in [5.41, 5.74) is 12.6. The molecular weight excluding hydrogens is 477 g/mol. The smallest absolute Gasteiger partial charge is 0.251 e. The number of nitrogens with two attached hydrogens (primary N) is 1. The fourth-order valence-corrected chi connectivity index (χ4v) is 5.08. The molecule has 1 aliphatic rings. The Morgan fingerprint density at radius 3 is 2.53 bits per heavy atom. The van der Waals surface area contributed by atoms with Crippen molar-refractivity contribution in [2.75, 3.05) is 11.4 Å². The fourth-order valence-electron chi connectivity index (χ4n) is 5.08. The molecule has 1 aliphatic heterocycles. The molecule has 0 fully saturated rings. The lowest BCUT2D eigenvalue weighted by atomic mass is 9.96. The Labute approximate surface area is 222 Å². The number of carbonyl (C=O) groups excluding carboxylic acids is 2. The van der Waals surface area contributed by atoms with E-state index in [0.29, 0.717) is 11.1 Å². The van der Waals surface area contributed by atoms with Gasteiger partial charge in [-0.1, -0.05) is 54.6 Å². The number of fused-ring (bicyclic) bond motifs is 1. The molecule has 5 rings (SSSR count). The standard InChI is InChI=1S/C32H30FN3O2/c1-21(24-6-4-8-27(33)19-24)35-32(38)26-15-16-30-25(18-26)7-5-17-36(30)20-22-11-13-23(14-12-22)28-9-2-3-10-29(28)31(34)37/h2-4,6,8-16,18-19,21H,5,7,17,20H2,1H3,(H2,34,37)(H,35,38)/t21-/m0/s1. The Morgan fingerprint density at radius 1 is 0.974 bits per heavy atom. The molecule has 0 unspecified atom stereocenters. The molecule has 0 saturated carbocycles. The second-order valence-corrected chi connectivity index (χ2v) is 9.73. The zero-order valence-electron chi connectivity index (χ0n) is 21.3. The molecule has 0 saturated heterocycles. The van der Waals surface area contributed by atoms with Gasteiger partial charge in [0.2, 0.25) is 5.91 Å². The molecule has 1 atom stereocenters. The highest BCUT2D eigenvalue weighted by Gasteiger charge is 2.20. The molecular formula is C32H30FN3O2. The summed E-state index contributed by atoms with van der Waals surface area (Å²) in [5, 5.41) is 2.98. The number of primary amides is 1. The number of amides is 2. The highest BCUT2D eigenvalue weighted by atomic mass is 19.1. The van der Waals surface area contributed by atoms with E-state index < -0.39 is 5.91 Å². The monoisotopic (exact) mass is 507 g/mol. The van der Waals surface area contributed by atoms with E-state index in [1.165, 1.54) is 12.1 Å². The van der Waals surface area contributed by atoms with Crippen LogP contribution in [0.2, 0.25) is 0 Å². The minimum atomic E-state index is -0.439. The van der Waals surface area contributed by atoms with Crippen LogP contribution >= 0.6 is 0 Å². The van der Waals surface area contributed by atoms with Crippen LogP contribution in [-0.2, 0) is 13.0 Å². The topological polar surface area (TPSA) is 75.4 Å². The Kier molecular flexibility index (Phi) is 7.22. The summed E-state index contributed by atoms with van der Waals surface area (Å²) < 4.78 is 13.6. The van der Waals surface area contributed by atoms with Gasteiger partial charge in [0.15, 0.2) is 0 Å². The van der Waals surface area contributed by atoms with Crippen molar-refractivity contribution in [3.63, 3.8) is 0 Å². The predicted octanol–water partition coefficient (Wildman–Crippen LogP) is 6.04. The van der Waals surface area contributed by atoms with Gasteiger partial charge in [-0.3, -0.25) is 9.59 Å². The minimum Gasteiger partial charge on any atom is -0.367 e. The van der Waals surface area contributed by atoms with Crippen molar-refractivity contribution in [3.05, 3.63) is 125 Å². The van der Waals surface area contributed by atoms with Gasteiger partial charge >= 0.3 is 0 Å². The second-order valence-electron chi connectivity index (χ2n) is 9.73. The Hall–Kier alpha value is -4.45. The molecule has 2 amide bonds. The number of nitrogens with one attached hydrogen (secondary N) is 1. The molecule has 0 aliphatic carbocycles. The number of halogens is 1. The largest absolute Gasteiger partial charge is 0.367 e. The van der Waals surface area contributed by atoms with Crippen LogP contribution in [0.4, 0.5) is 10.1 Å². The average molecular weight is 508 g/mol. The van der Waals surface area contributed by atoms with Crippen molar-refractivity contribution in [2.45, 2.75) is 32.4 Å². The second kappa shape index (κ2) is 10.9. The molecule has 0 radical (unpaired) electrons. The van der Waals surface area contributed by atoms with E-state index in [1.807, 2.05) is 61.5 Å². The third kappa shape index (κ3) is 5.44. The number of rotatable bonds is 7. The van der Waals surface area contributed by atoms with Crippen LogP contribution in [0.3, 0.4) is 0 Å². The number of aryl methyl sites for hydroxylation is 1. The van der Waals surface area contributed by atoms with Gasteiger partial charge in [-0.25, -0.2) is 4.39 Å². The van der Waals surface area contributed by atoms with Crippen molar-refractivity contribution in [3.8, 4) is 11.1 Å². The molecule has 6 heteroatoms. The van der Waals surface area contributed by atoms with Gasteiger partial charge in [0.25, 0.3) is 5.91 Å². The number of anilines is 1. The number of hydrogen-bond donors (Lipinski definition) is 2. The first-order valence-corrected chi connectivity index (χ1v) is 12.8. The first-order chi connectivity index (χ1) is 18.4. The van der Waals surface area contributed by atoms with Crippen molar-refractivity contribution in [1.29, 1.82) is 0 Å². The van der Waals surface area contributed by atoms with E-state index in [2.05, 4.69) is 22.3 Å². The molecule has 0 aromatic heterocycles. The van der Waals surface area contributed by atoms with Crippen molar-refractivity contribution < 1.29 is 14.0 Å². The summed E-state index contributed by atoms with van der Waals surface area (Å²) >= 11 is 0. The van der Waals surface area contributed by atoms with E-state index in [0.717, 1.165) is 59.4 Å². The van der Waals surface area contributed by atoms with Gasteiger partial charge in [0, 0.05) is 29.9 Å². The maximum atomic E-state index is 13.6. The van der Waals surface area contributed by atoms with Crippen LogP contribution in [0, 0.1) is 5.82 Å². The molecule has 4 aromatic carbocycles. The lowest BCUT2D eigenvalue weighted by molar-refractivity contribution is 0.0938. The zero-order chi connectivity index (χ0) is 26.6. The van der Waals surface area contributed by atoms with Crippen molar-refractivity contribution in [2.24, 2.45) is 5.73 Å². The number of carbonyl (C=O) groups is 2. The van der Waals surface area contributed by atoms with Crippen LogP contribution in [0.15, 0.2) is 91.0 Å². The summed E-state index contributed by atoms with van der Waals surface area (Å²) in [7, 11) is 0. The van der Waals surface area contributed by atoms with Crippen LogP contribution in [0.25, 0.3) is 11.1 Å².